The lowest BCUT2D eigenvalue weighted by atomic mass is 10.1. The number of hydrogen-bond acceptors (Lipinski definition) is 4. The zero-order valence-corrected chi connectivity index (χ0v) is 14.4. The van der Waals surface area contributed by atoms with Gasteiger partial charge >= 0.3 is 0 Å². The highest BCUT2D eigenvalue weighted by molar-refractivity contribution is 7.71. The fourth-order valence-electron chi connectivity index (χ4n) is 2.89. The zero-order chi connectivity index (χ0) is 17.1. The van der Waals surface area contributed by atoms with Gasteiger partial charge in [0.1, 0.15) is 16.5 Å². The summed E-state index contributed by atoms with van der Waals surface area (Å²) in [7, 11) is -2.44. The van der Waals surface area contributed by atoms with Gasteiger partial charge in [0.25, 0.3) is 0 Å². The van der Waals surface area contributed by atoms with Crippen molar-refractivity contribution in [2.45, 2.75) is 25.5 Å². The van der Waals surface area contributed by atoms with Crippen LogP contribution >= 0.6 is 0 Å². The Morgan fingerprint density at radius 3 is 2.42 bits per heavy atom. The lowest BCUT2D eigenvalue weighted by Gasteiger charge is -2.09. The molecule has 0 aliphatic heterocycles. The molecule has 0 amide bonds. The summed E-state index contributed by atoms with van der Waals surface area (Å²) in [6.07, 6.45) is 1.42. The van der Waals surface area contributed by atoms with Crippen molar-refractivity contribution < 1.29 is 13.5 Å². The highest BCUT2D eigenvalue weighted by Gasteiger charge is 2.12. The molecule has 1 N–H and O–H groups in total. The molecular weight excluding hydrogens is 324 g/mol. The number of thiol groups is 1. The van der Waals surface area contributed by atoms with Crippen LogP contribution in [0.5, 0.6) is 0 Å². The molecule has 24 heavy (non-hydrogen) atoms. The first kappa shape index (κ1) is 16.7. The van der Waals surface area contributed by atoms with Crippen LogP contribution in [0.1, 0.15) is 23.9 Å². The molecule has 3 rings (SSSR count). The second-order valence-electron chi connectivity index (χ2n) is 5.67. The van der Waals surface area contributed by atoms with E-state index in [9.17, 15) is 8.42 Å². The molecule has 0 bridgehead atoms. The smallest absolute Gasteiger partial charge is 0.144 e. The van der Waals surface area contributed by atoms with Gasteiger partial charge in [0.15, 0.2) is 0 Å². The number of imidazole rings is 1. The third-order valence-corrected chi connectivity index (χ3v) is 4.63. The molecule has 1 heterocycles. The van der Waals surface area contributed by atoms with Crippen LogP contribution in [-0.4, -0.2) is 29.7 Å². The van der Waals surface area contributed by atoms with Crippen molar-refractivity contribution in [2.24, 2.45) is 0 Å². The standard InChI is InChI=1S/C18H20N2O3S/c1-2-18-19-16-11-14(12-24(22)23)5-8-17(16)20(18)15-6-3-13(4-7-15)9-10-21/h3-8,11,21,24H,2,9-10,12H2,1H3. The molecule has 126 valence electrons. The molecule has 0 unspecified atom stereocenters. The van der Waals surface area contributed by atoms with Gasteiger partial charge in [0.05, 0.1) is 16.8 Å². The molecule has 0 spiro atoms. The summed E-state index contributed by atoms with van der Waals surface area (Å²) in [6, 6.07) is 13.7. The number of aliphatic hydroxyl groups excluding tert-OH is 1. The van der Waals surface area contributed by atoms with E-state index in [2.05, 4.69) is 9.55 Å². The Hall–Kier alpha value is -2.18. The van der Waals surface area contributed by atoms with E-state index in [1.165, 1.54) is 0 Å². The van der Waals surface area contributed by atoms with Gasteiger partial charge in [-0.05, 0) is 41.8 Å². The Balaban J connectivity index is 2.08. The monoisotopic (exact) mass is 344 g/mol. The van der Waals surface area contributed by atoms with E-state index < -0.39 is 10.7 Å². The van der Waals surface area contributed by atoms with Crippen molar-refractivity contribution in [3.63, 3.8) is 0 Å². The van der Waals surface area contributed by atoms with E-state index in [0.717, 1.165) is 40.1 Å². The molecule has 0 aliphatic carbocycles. The molecule has 5 nitrogen and oxygen atoms in total. The molecular formula is C18H20N2O3S. The van der Waals surface area contributed by atoms with Gasteiger partial charge in [-0.25, -0.2) is 13.4 Å². The van der Waals surface area contributed by atoms with Gasteiger partial charge < -0.3 is 5.11 Å². The average molecular weight is 344 g/mol. The fourth-order valence-corrected chi connectivity index (χ4v) is 3.38. The second kappa shape index (κ2) is 7.15. The van der Waals surface area contributed by atoms with E-state index in [1.54, 1.807) is 0 Å². The van der Waals surface area contributed by atoms with Crippen LogP contribution in [0.2, 0.25) is 0 Å². The lowest BCUT2D eigenvalue weighted by Crippen LogP contribution is -2.00. The Morgan fingerprint density at radius 2 is 1.79 bits per heavy atom. The van der Waals surface area contributed by atoms with Gasteiger partial charge in [-0.3, -0.25) is 4.57 Å². The number of hydrogen-bond donors (Lipinski definition) is 2. The van der Waals surface area contributed by atoms with Crippen molar-refractivity contribution in [1.82, 2.24) is 9.55 Å². The van der Waals surface area contributed by atoms with Gasteiger partial charge in [-0.15, -0.1) is 0 Å². The van der Waals surface area contributed by atoms with Crippen molar-refractivity contribution >= 4 is 21.7 Å². The highest BCUT2D eigenvalue weighted by Crippen LogP contribution is 2.24. The number of aliphatic hydroxyl groups is 1. The quantitative estimate of drug-likeness (QED) is 0.673. The Kier molecular flexibility index (Phi) is 4.97. The molecule has 0 saturated heterocycles. The minimum Gasteiger partial charge on any atom is -0.396 e. The molecule has 6 heteroatoms. The summed E-state index contributed by atoms with van der Waals surface area (Å²) in [4.78, 5) is 4.66. The molecule has 0 radical (unpaired) electrons. The van der Waals surface area contributed by atoms with E-state index in [-0.39, 0.29) is 12.4 Å². The highest BCUT2D eigenvalue weighted by atomic mass is 32.2. The predicted octanol–water partition coefficient (Wildman–Crippen LogP) is 2.23. The van der Waals surface area contributed by atoms with E-state index in [1.807, 2.05) is 49.4 Å². The summed E-state index contributed by atoms with van der Waals surface area (Å²) < 4.78 is 24.0. The molecule has 0 aliphatic rings. The van der Waals surface area contributed by atoms with Gasteiger partial charge in [-0.2, -0.15) is 0 Å². The summed E-state index contributed by atoms with van der Waals surface area (Å²) in [5.74, 6) is 0.971. The topological polar surface area (TPSA) is 72.2 Å². The van der Waals surface area contributed by atoms with Crippen LogP contribution in [0.3, 0.4) is 0 Å². The van der Waals surface area contributed by atoms with Crippen LogP contribution in [0.25, 0.3) is 16.7 Å². The SMILES string of the molecule is CCc1nc2cc(C[SH](=O)=O)ccc2n1-c1ccc(CCO)cc1. The van der Waals surface area contributed by atoms with E-state index in [0.29, 0.717) is 6.42 Å². The number of aryl methyl sites for hydroxylation is 1. The maximum Gasteiger partial charge on any atom is 0.144 e. The molecule has 3 aromatic rings. The molecule has 0 saturated carbocycles. The summed E-state index contributed by atoms with van der Waals surface area (Å²) in [5.41, 5.74) is 4.63. The third kappa shape index (κ3) is 3.34. The van der Waals surface area contributed by atoms with E-state index in [4.69, 9.17) is 5.11 Å². The minimum atomic E-state index is -2.44. The van der Waals surface area contributed by atoms with Gasteiger partial charge in [-0.1, -0.05) is 25.1 Å². The van der Waals surface area contributed by atoms with Crippen LogP contribution < -0.4 is 0 Å². The van der Waals surface area contributed by atoms with Gasteiger partial charge in [0, 0.05) is 18.7 Å². The van der Waals surface area contributed by atoms with Crippen LogP contribution in [0.4, 0.5) is 0 Å². The maximum atomic E-state index is 10.9. The zero-order valence-electron chi connectivity index (χ0n) is 13.5. The number of fused-ring (bicyclic) bond motifs is 1. The summed E-state index contributed by atoms with van der Waals surface area (Å²) in [5, 5.41) is 9.03. The normalized spacial score (nSPS) is 11.5. The average Bonchev–Trinajstić information content (AvgIpc) is 2.93. The Bertz CT molecular complexity index is 919. The summed E-state index contributed by atoms with van der Waals surface area (Å²) >= 11 is 0. The largest absolute Gasteiger partial charge is 0.396 e. The van der Waals surface area contributed by atoms with Crippen molar-refractivity contribution in [3.05, 3.63) is 59.4 Å². The molecule has 1 aromatic heterocycles. The third-order valence-electron chi connectivity index (χ3n) is 4.01. The fraction of sp³-hybridized carbons (Fsp3) is 0.278. The van der Waals surface area contributed by atoms with Crippen LogP contribution in [0, 0.1) is 0 Å². The van der Waals surface area contributed by atoms with Crippen molar-refractivity contribution in [3.8, 4) is 5.69 Å². The van der Waals surface area contributed by atoms with Gasteiger partial charge in [0.2, 0.25) is 0 Å². The van der Waals surface area contributed by atoms with Crippen molar-refractivity contribution in [1.29, 1.82) is 0 Å². The maximum absolute atomic E-state index is 10.9. The van der Waals surface area contributed by atoms with Crippen molar-refractivity contribution in [2.75, 3.05) is 6.61 Å². The Labute approximate surface area is 142 Å². The van der Waals surface area contributed by atoms with Crippen LogP contribution in [-0.2, 0) is 29.3 Å². The lowest BCUT2D eigenvalue weighted by molar-refractivity contribution is 0.299. The number of nitrogens with zero attached hydrogens (tertiary/aromatic N) is 2. The van der Waals surface area contributed by atoms with E-state index >= 15 is 0 Å². The number of benzene rings is 2. The number of aromatic nitrogens is 2. The first-order valence-corrected chi connectivity index (χ1v) is 9.31. The predicted molar refractivity (Wildman–Crippen MR) is 95.3 cm³/mol. The Morgan fingerprint density at radius 1 is 1.08 bits per heavy atom. The number of rotatable bonds is 6. The van der Waals surface area contributed by atoms with Crippen LogP contribution in [0.15, 0.2) is 42.5 Å². The molecule has 0 atom stereocenters. The first-order chi connectivity index (χ1) is 11.6. The second-order valence-corrected chi connectivity index (χ2v) is 6.65. The molecule has 2 aromatic carbocycles. The minimum absolute atomic E-state index is 0.0372. The summed E-state index contributed by atoms with van der Waals surface area (Å²) in [6.45, 7) is 2.19. The molecule has 0 fully saturated rings. The first-order valence-electron chi connectivity index (χ1n) is 7.94.